The summed E-state index contributed by atoms with van der Waals surface area (Å²) in [5.41, 5.74) is 0. The fraction of sp³-hybridized carbons (Fsp3) is 0.929. The Morgan fingerprint density at radius 2 is 1.89 bits per heavy atom. The van der Waals surface area contributed by atoms with Crippen LogP contribution in [0.4, 0.5) is 0 Å². The number of hydrogen-bond acceptors (Lipinski definition) is 3. The molecule has 1 amide bonds. The van der Waals surface area contributed by atoms with Gasteiger partial charge in [0.1, 0.15) is 6.10 Å². The molecule has 1 aliphatic rings. The van der Waals surface area contributed by atoms with Crippen molar-refractivity contribution in [1.29, 1.82) is 0 Å². The molecule has 0 unspecified atom stereocenters. The second-order valence-corrected chi connectivity index (χ2v) is 5.16. The molecule has 0 aromatic carbocycles. The summed E-state index contributed by atoms with van der Waals surface area (Å²) in [5.74, 6) is -0.0127. The Labute approximate surface area is 111 Å². The van der Waals surface area contributed by atoms with E-state index in [1.165, 1.54) is 6.42 Å². The van der Waals surface area contributed by atoms with E-state index in [2.05, 4.69) is 24.1 Å². The average molecular weight is 256 g/mol. The van der Waals surface area contributed by atoms with Crippen LogP contribution in [0.3, 0.4) is 0 Å². The van der Waals surface area contributed by atoms with Crippen molar-refractivity contribution in [3.63, 3.8) is 0 Å². The minimum Gasteiger partial charge on any atom is -0.383 e. The number of amides is 1. The molecule has 18 heavy (non-hydrogen) atoms. The van der Waals surface area contributed by atoms with Crippen molar-refractivity contribution in [3.8, 4) is 0 Å². The Kier molecular flexibility index (Phi) is 7.28. The molecular weight excluding hydrogens is 228 g/mol. The maximum Gasteiger partial charge on any atom is 0.249 e. The van der Waals surface area contributed by atoms with E-state index in [1.54, 1.807) is 0 Å². The van der Waals surface area contributed by atoms with Gasteiger partial charge in [0.05, 0.1) is 0 Å². The molecule has 4 heteroatoms. The molecule has 0 aromatic heterocycles. The summed E-state index contributed by atoms with van der Waals surface area (Å²) in [4.78, 5) is 14.1. The van der Waals surface area contributed by atoms with Gasteiger partial charge in [-0.2, -0.15) is 0 Å². The summed E-state index contributed by atoms with van der Waals surface area (Å²) in [7, 11) is 0. The average Bonchev–Trinajstić information content (AvgIpc) is 2.43. The minimum atomic E-state index is -0.804. The Hall–Kier alpha value is -0.610. The highest BCUT2D eigenvalue weighted by molar-refractivity contribution is 5.80. The van der Waals surface area contributed by atoms with Crippen LogP contribution in [0.15, 0.2) is 0 Å². The molecule has 4 nitrogen and oxygen atoms in total. The molecule has 0 bridgehead atoms. The van der Waals surface area contributed by atoms with Crippen molar-refractivity contribution in [2.45, 2.75) is 52.1 Å². The molecule has 0 aromatic rings. The fourth-order valence-corrected chi connectivity index (χ4v) is 2.65. The largest absolute Gasteiger partial charge is 0.383 e. The third-order valence-electron chi connectivity index (χ3n) is 3.99. The van der Waals surface area contributed by atoms with Gasteiger partial charge in [-0.1, -0.05) is 33.1 Å². The lowest BCUT2D eigenvalue weighted by Crippen LogP contribution is -2.43. The van der Waals surface area contributed by atoms with Crippen molar-refractivity contribution in [2.75, 3.05) is 26.2 Å². The van der Waals surface area contributed by atoms with Gasteiger partial charge in [-0.25, -0.2) is 0 Å². The first kappa shape index (κ1) is 15.4. The first-order valence-corrected chi connectivity index (χ1v) is 7.37. The molecular formula is C14H28N2O2. The van der Waals surface area contributed by atoms with Crippen molar-refractivity contribution >= 4 is 5.91 Å². The van der Waals surface area contributed by atoms with Crippen LogP contribution in [0.1, 0.15) is 46.0 Å². The smallest absolute Gasteiger partial charge is 0.249 e. The van der Waals surface area contributed by atoms with E-state index in [0.29, 0.717) is 6.54 Å². The van der Waals surface area contributed by atoms with E-state index < -0.39 is 6.10 Å². The lowest BCUT2D eigenvalue weighted by Gasteiger charge is -2.26. The highest BCUT2D eigenvalue weighted by Gasteiger charge is 2.27. The van der Waals surface area contributed by atoms with Gasteiger partial charge in [0.15, 0.2) is 0 Å². The van der Waals surface area contributed by atoms with Crippen LogP contribution in [0.25, 0.3) is 0 Å². The van der Waals surface area contributed by atoms with Gasteiger partial charge in [0.2, 0.25) is 5.91 Å². The van der Waals surface area contributed by atoms with Gasteiger partial charge in [0.25, 0.3) is 0 Å². The van der Waals surface area contributed by atoms with Crippen LogP contribution >= 0.6 is 0 Å². The van der Waals surface area contributed by atoms with E-state index in [-0.39, 0.29) is 11.8 Å². The summed E-state index contributed by atoms with van der Waals surface area (Å²) < 4.78 is 0. The Balaban J connectivity index is 2.22. The zero-order valence-electron chi connectivity index (χ0n) is 11.8. The third kappa shape index (κ3) is 4.94. The van der Waals surface area contributed by atoms with E-state index in [4.69, 9.17) is 0 Å². The number of hydrogen-bond donors (Lipinski definition) is 2. The molecule has 1 saturated carbocycles. The fourth-order valence-electron chi connectivity index (χ4n) is 2.65. The molecule has 0 heterocycles. The molecule has 0 saturated heterocycles. The van der Waals surface area contributed by atoms with Crippen LogP contribution in [0, 0.1) is 5.92 Å². The Morgan fingerprint density at radius 1 is 1.28 bits per heavy atom. The van der Waals surface area contributed by atoms with Crippen molar-refractivity contribution in [3.05, 3.63) is 0 Å². The van der Waals surface area contributed by atoms with Crippen molar-refractivity contribution < 1.29 is 9.90 Å². The molecule has 1 rings (SSSR count). The summed E-state index contributed by atoms with van der Waals surface area (Å²) >= 11 is 0. The van der Waals surface area contributed by atoms with Gasteiger partial charge in [0, 0.05) is 13.1 Å². The monoisotopic (exact) mass is 256 g/mol. The molecule has 1 atom stereocenters. The van der Waals surface area contributed by atoms with Gasteiger partial charge >= 0.3 is 0 Å². The molecule has 0 spiro atoms. The second-order valence-electron chi connectivity index (χ2n) is 5.16. The number of nitrogens with zero attached hydrogens (tertiary/aromatic N) is 1. The molecule has 1 fully saturated rings. The van der Waals surface area contributed by atoms with Crippen LogP contribution in [0.2, 0.25) is 0 Å². The van der Waals surface area contributed by atoms with Gasteiger partial charge in [-0.05, 0) is 31.8 Å². The van der Waals surface area contributed by atoms with Crippen molar-refractivity contribution in [1.82, 2.24) is 10.2 Å². The van der Waals surface area contributed by atoms with E-state index in [9.17, 15) is 9.90 Å². The van der Waals surface area contributed by atoms with Crippen LogP contribution < -0.4 is 5.32 Å². The normalized spacial score (nSPS) is 18.9. The summed E-state index contributed by atoms with van der Waals surface area (Å²) in [5, 5.41) is 12.8. The number of aliphatic hydroxyl groups excluding tert-OH is 1. The van der Waals surface area contributed by atoms with E-state index in [1.807, 2.05) is 0 Å². The lowest BCUT2D eigenvalue weighted by atomic mass is 9.85. The minimum absolute atomic E-state index is 0.173. The number of carbonyl (C=O) groups is 1. The predicted molar refractivity (Wildman–Crippen MR) is 73.4 cm³/mol. The summed E-state index contributed by atoms with van der Waals surface area (Å²) in [6.45, 7) is 7.71. The highest BCUT2D eigenvalue weighted by atomic mass is 16.3. The number of aliphatic hydroxyl groups is 1. The maximum atomic E-state index is 11.8. The molecule has 1 aliphatic carbocycles. The molecule has 2 N–H and O–H groups in total. The maximum absolute atomic E-state index is 11.8. The molecule has 106 valence electrons. The second kappa shape index (κ2) is 8.48. The molecule has 0 aliphatic heterocycles. The first-order chi connectivity index (χ1) is 8.69. The standard InChI is InChI=1S/C14H28N2O2/c1-3-16(4-2)11-10-15-14(18)13(17)12-8-6-5-7-9-12/h12-13,17H,3-11H2,1-2H3,(H,15,18)/t13-/m1/s1. The summed E-state index contributed by atoms with van der Waals surface area (Å²) in [6, 6.07) is 0. The SMILES string of the molecule is CCN(CC)CCNC(=O)[C@H](O)C1CCCCC1. The zero-order chi connectivity index (χ0) is 13.4. The number of nitrogens with one attached hydrogen (secondary N) is 1. The Morgan fingerprint density at radius 3 is 2.44 bits per heavy atom. The first-order valence-electron chi connectivity index (χ1n) is 7.37. The summed E-state index contributed by atoms with van der Waals surface area (Å²) in [6.07, 6.45) is 4.72. The van der Waals surface area contributed by atoms with Gasteiger partial charge in [-0.3, -0.25) is 4.79 Å². The number of carbonyl (C=O) groups excluding carboxylic acids is 1. The van der Waals surface area contributed by atoms with Crippen molar-refractivity contribution in [2.24, 2.45) is 5.92 Å². The van der Waals surface area contributed by atoms with E-state index in [0.717, 1.165) is 45.3 Å². The highest BCUT2D eigenvalue weighted by Crippen LogP contribution is 2.26. The predicted octanol–water partition coefficient (Wildman–Crippen LogP) is 1.39. The van der Waals surface area contributed by atoms with Gasteiger partial charge in [-0.15, -0.1) is 0 Å². The van der Waals surface area contributed by atoms with Gasteiger partial charge < -0.3 is 15.3 Å². The van der Waals surface area contributed by atoms with Crippen LogP contribution in [0.5, 0.6) is 0 Å². The third-order valence-corrected chi connectivity index (χ3v) is 3.99. The van der Waals surface area contributed by atoms with Crippen LogP contribution in [-0.4, -0.2) is 48.2 Å². The lowest BCUT2D eigenvalue weighted by molar-refractivity contribution is -0.132. The topological polar surface area (TPSA) is 52.6 Å². The zero-order valence-corrected chi connectivity index (χ0v) is 11.8. The molecule has 0 radical (unpaired) electrons. The number of likely N-dealkylation sites (N-methyl/N-ethyl adjacent to an activating group) is 1. The Bertz CT molecular complexity index is 236. The van der Waals surface area contributed by atoms with E-state index >= 15 is 0 Å². The quantitative estimate of drug-likeness (QED) is 0.723. The number of rotatable bonds is 7. The van der Waals surface area contributed by atoms with Crippen LogP contribution in [-0.2, 0) is 4.79 Å².